The van der Waals surface area contributed by atoms with E-state index in [1.807, 2.05) is 28.0 Å². The number of benzene rings is 2. The summed E-state index contributed by atoms with van der Waals surface area (Å²) in [5.74, 6) is 0.174. The minimum Gasteiger partial charge on any atom is -0.493 e. The number of hydrogen-bond donors (Lipinski definition) is 0. The number of carbonyl (C=O) groups excluding carboxylic acids is 1. The molecule has 2 aromatic rings. The zero-order valence-electron chi connectivity index (χ0n) is 17.9. The molecule has 1 unspecified atom stereocenters. The maximum Gasteiger partial charge on any atom is 0.237 e. The molecule has 7 heteroatoms. The fourth-order valence-corrected chi connectivity index (χ4v) is 4.36. The first-order valence-electron chi connectivity index (χ1n) is 10.7. The monoisotopic (exact) mass is 430 g/mol. The van der Waals surface area contributed by atoms with Crippen molar-refractivity contribution in [1.29, 1.82) is 0 Å². The molecule has 1 heterocycles. The predicted octanol–water partition coefficient (Wildman–Crippen LogP) is 4.31. The molecule has 1 saturated heterocycles. The highest BCUT2D eigenvalue weighted by atomic mass is 19.1. The van der Waals surface area contributed by atoms with E-state index in [0.717, 1.165) is 37.3 Å². The first kappa shape index (κ1) is 21.6. The van der Waals surface area contributed by atoms with Crippen LogP contribution >= 0.6 is 0 Å². The SMILES string of the molecule is COc1ccc(C2CCCN2C(=O)CN(Cc2ccc(F)cc2F)C2CC2)cc1OC. The summed E-state index contributed by atoms with van der Waals surface area (Å²) in [5.41, 5.74) is 1.44. The van der Waals surface area contributed by atoms with E-state index < -0.39 is 11.6 Å². The molecule has 0 N–H and O–H groups in total. The van der Waals surface area contributed by atoms with E-state index >= 15 is 0 Å². The molecule has 0 aromatic heterocycles. The summed E-state index contributed by atoms with van der Waals surface area (Å²) in [6.45, 7) is 1.23. The van der Waals surface area contributed by atoms with Crippen LogP contribution in [0.3, 0.4) is 0 Å². The van der Waals surface area contributed by atoms with Gasteiger partial charge in [0.05, 0.1) is 26.8 Å². The lowest BCUT2D eigenvalue weighted by atomic mass is 10.0. The molecule has 1 aliphatic heterocycles. The smallest absolute Gasteiger partial charge is 0.237 e. The van der Waals surface area contributed by atoms with Gasteiger partial charge in [0.25, 0.3) is 0 Å². The number of methoxy groups -OCH3 is 2. The number of amides is 1. The maximum absolute atomic E-state index is 14.2. The van der Waals surface area contributed by atoms with Crippen LogP contribution in [-0.2, 0) is 11.3 Å². The van der Waals surface area contributed by atoms with Gasteiger partial charge in [-0.3, -0.25) is 9.69 Å². The Labute approximate surface area is 181 Å². The number of carbonyl (C=O) groups is 1. The maximum atomic E-state index is 14.2. The Balaban J connectivity index is 1.48. The molecular weight excluding hydrogens is 402 g/mol. The highest BCUT2D eigenvalue weighted by Crippen LogP contribution is 2.37. The van der Waals surface area contributed by atoms with Gasteiger partial charge in [0.2, 0.25) is 5.91 Å². The topological polar surface area (TPSA) is 42.0 Å². The average Bonchev–Trinajstić information content (AvgIpc) is 3.50. The fourth-order valence-electron chi connectivity index (χ4n) is 4.36. The van der Waals surface area contributed by atoms with Crippen molar-refractivity contribution >= 4 is 5.91 Å². The van der Waals surface area contributed by atoms with Crippen LogP contribution in [0.4, 0.5) is 8.78 Å². The third kappa shape index (κ3) is 4.82. The summed E-state index contributed by atoms with van der Waals surface area (Å²) in [5, 5.41) is 0. The van der Waals surface area contributed by atoms with Crippen LogP contribution < -0.4 is 9.47 Å². The summed E-state index contributed by atoms with van der Waals surface area (Å²) in [4.78, 5) is 17.2. The van der Waals surface area contributed by atoms with E-state index in [9.17, 15) is 13.6 Å². The van der Waals surface area contributed by atoms with Crippen LogP contribution in [0, 0.1) is 11.6 Å². The predicted molar refractivity (Wildman–Crippen MR) is 113 cm³/mol. The molecule has 1 saturated carbocycles. The largest absolute Gasteiger partial charge is 0.493 e. The molecule has 31 heavy (non-hydrogen) atoms. The molecule has 0 radical (unpaired) electrons. The van der Waals surface area contributed by atoms with Crippen LogP contribution in [0.15, 0.2) is 36.4 Å². The van der Waals surface area contributed by atoms with E-state index in [1.54, 1.807) is 14.2 Å². The first-order chi connectivity index (χ1) is 15.0. The van der Waals surface area contributed by atoms with Crippen LogP contribution in [0.5, 0.6) is 11.5 Å². The van der Waals surface area contributed by atoms with E-state index in [-0.39, 0.29) is 24.5 Å². The van der Waals surface area contributed by atoms with E-state index in [4.69, 9.17) is 9.47 Å². The number of ether oxygens (including phenoxy) is 2. The number of halogens is 2. The second-order valence-electron chi connectivity index (χ2n) is 8.23. The third-order valence-corrected chi connectivity index (χ3v) is 6.16. The standard InChI is InChI=1S/C24H28F2N2O3/c1-30-22-10-6-16(12-23(22)31-2)21-4-3-11-28(21)24(29)15-27(19-8-9-19)14-17-5-7-18(25)13-20(17)26/h5-7,10,12-13,19,21H,3-4,8-9,11,14-15H2,1-2H3. The number of nitrogens with zero attached hydrogens (tertiary/aromatic N) is 2. The number of rotatable bonds is 8. The van der Waals surface area contributed by atoms with E-state index in [0.29, 0.717) is 30.2 Å². The van der Waals surface area contributed by atoms with Gasteiger partial charge in [0, 0.05) is 30.8 Å². The molecule has 0 spiro atoms. The van der Waals surface area contributed by atoms with E-state index in [2.05, 4.69) is 0 Å². The molecule has 4 rings (SSSR count). The van der Waals surface area contributed by atoms with Gasteiger partial charge in [-0.2, -0.15) is 0 Å². The molecule has 2 aliphatic rings. The molecule has 5 nitrogen and oxygen atoms in total. The van der Waals surface area contributed by atoms with Gasteiger partial charge < -0.3 is 14.4 Å². The van der Waals surface area contributed by atoms with Crippen LogP contribution in [0.25, 0.3) is 0 Å². The van der Waals surface area contributed by atoms with Gasteiger partial charge in [-0.05, 0) is 49.4 Å². The lowest BCUT2D eigenvalue weighted by molar-refractivity contribution is -0.133. The van der Waals surface area contributed by atoms with Gasteiger partial charge in [-0.15, -0.1) is 0 Å². The van der Waals surface area contributed by atoms with Crippen LogP contribution in [0.2, 0.25) is 0 Å². The Kier molecular flexibility index (Phi) is 6.41. The lowest BCUT2D eigenvalue weighted by Gasteiger charge is -2.29. The van der Waals surface area contributed by atoms with Crippen molar-refractivity contribution in [3.63, 3.8) is 0 Å². The molecule has 1 amide bonds. The van der Waals surface area contributed by atoms with Gasteiger partial charge in [0.1, 0.15) is 11.6 Å². The minimum absolute atomic E-state index is 0.0177. The molecule has 0 bridgehead atoms. The van der Waals surface area contributed by atoms with Crippen molar-refractivity contribution in [3.8, 4) is 11.5 Å². The normalized spacial score (nSPS) is 18.5. The molecule has 1 atom stereocenters. The Hall–Kier alpha value is -2.67. The highest BCUT2D eigenvalue weighted by Gasteiger charge is 2.35. The van der Waals surface area contributed by atoms with Gasteiger partial charge in [0.15, 0.2) is 11.5 Å². The summed E-state index contributed by atoms with van der Waals surface area (Å²) < 4.78 is 38.2. The van der Waals surface area contributed by atoms with Gasteiger partial charge in [-0.1, -0.05) is 12.1 Å². The second kappa shape index (κ2) is 9.22. The van der Waals surface area contributed by atoms with Gasteiger partial charge >= 0.3 is 0 Å². The van der Waals surface area contributed by atoms with Crippen molar-refractivity contribution in [3.05, 3.63) is 59.2 Å². The Morgan fingerprint density at radius 1 is 1.06 bits per heavy atom. The minimum atomic E-state index is -0.592. The summed E-state index contributed by atoms with van der Waals surface area (Å²) >= 11 is 0. The number of hydrogen-bond acceptors (Lipinski definition) is 4. The summed E-state index contributed by atoms with van der Waals surface area (Å²) in [6, 6.07) is 9.66. The molecule has 2 aromatic carbocycles. The Morgan fingerprint density at radius 2 is 1.84 bits per heavy atom. The molecule has 1 aliphatic carbocycles. The quantitative estimate of drug-likeness (QED) is 0.626. The van der Waals surface area contributed by atoms with Crippen LogP contribution in [-0.4, -0.2) is 49.1 Å². The summed E-state index contributed by atoms with van der Waals surface area (Å²) in [7, 11) is 3.20. The lowest BCUT2D eigenvalue weighted by Crippen LogP contribution is -2.40. The van der Waals surface area contributed by atoms with Crippen molar-refractivity contribution in [2.24, 2.45) is 0 Å². The van der Waals surface area contributed by atoms with Crippen molar-refractivity contribution < 1.29 is 23.0 Å². The summed E-state index contributed by atoms with van der Waals surface area (Å²) in [6.07, 6.45) is 3.81. The Morgan fingerprint density at radius 3 is 2.52 bits per heavy atom. The zero-order valence-corrected chi connectivity index (χ0v) is 17.9. The average molecular weight is 430 g/mol. The molecule has 166 valence electrons. The third-order valence-electron chi connectivity index (χ3n) is 6.16. The van der Waals surface area contributed by atoms with Crippen molar-refractivity contribution in [1.82, 2.24) is 9.80 Å². The molecular formula is C24H28F2N2O3. The zero-order chi connectivity index (χ0) is 22.0. The van der Waals surface area contributed by atoms with Crippen molar-refractivity contribution in [2.45, 2.75) is 44.3 Å². The van der Waals surface area contributed by atoms with Crippen LogP contribution in [0.1, 0.15) is 42.9 Å². The Bertz CT molecular complexity index is 948. The molecule has 2 fully saturated rings. The fraction of sp³-hybridized carbons (Fsp3) is 0.458. The van der Waals surface area contributed by atoms with E-state index in [1.165, 1.54) is 12.1 Å². The number of likely N-dealkylation sites (tertiary alicyclic amines) is 1. The van der Waals surface area contributed by atoms with Gasteiger partial charge in [-0.25, -0.2) is 8.78 Å². The highest BCUT2D eigenvalue weighted by molar-refractivity contribution is 5.79. The first-order valence-corrected chi connectivity index (χ1v) is 10.7. The van der Waals surface area contributed by atoms with Crippen molar-refractivity contribution in [2.75, 3.05) is 27.3 Å². The second-order valence-corrected chi connectivity index (χ2v) is 8.23.